The molecule has 0 unspecified atom stereocenters. The molecule has 1 aromatic heterocycles. The number of rotatable bonds is 4. The quantitative estimate of drug-likeness (QED) is 0.404. The fourth-order valence-corrected chi connectivity index (χ4v) is 3.83. The molecule has 3 heteroatoms. The molecule has 0 aliphatic rings. The zero-order valence-electron chi connectivity index (χ0n) is 15.7. The summed E-state index contributed by atoms with van der Waals surface area (Å²) in [5, 5.41) is 2.53. The van der Waals surface area contributed by atoms with E-state index in [-0.39, 0.29) is 0 Å². The van der Waals surface area contributed by atoms with Gasteiger partial charge in [0, 0.05) is 12.1 Å². The summed E-state index contributed by atoms with van der Waals surface area (Å²) in [5.74, 6) is 1.88. The number of fused-ring (bicyclic) bond motifs is 2. The van der Waals surface area contributed by atoms with Crippen LogP contribution in [-0.2, 0) is 6.42 Å². The van der Waals surface area contributed by atoms with Crippen LogP contribution in [0.2, 0.25) is 0 Å². The smallest absolute Gasteiger partial charge is 0.119 e. The Morgan fingerprint density at radius 2 is 1.54 bits per heavy atom. The molecule has 0 amide bonds. The highest BCUT2D eigenvalue weighted by molar-refractivity contribution is 5.86. The van der Waals surface area contributed by atoms with Gasteiger partial charge in [0.15, 0.2) is 0 Å². The molecule has 3 nitrogen and oxygen atoms in total. The maximum absolute atomic E-state index is 5.32. The second-order valence-electron chi connectivity index (χ2n) is 6.87. The first-order valence-corrected chi connectivity index (χ1v) is 9.41. The molecular weight excluding hydrogens is 344 g/mol. The lowest BCUT2D eigenvalue weighted by Crippen LogP contribution is -2.03. The van der Waals surface area contributed by atoms with Crippen LogP contribution in [0.15, 0.2) is 91.0 Å². The zero-order valence-corrected chi connectivity index (χ0v) is 15.7. The van der Waals surface area contributed by atoms with Crippen LogP contribution < -0.4 is 4.74 Å². The first-order valence-electron chi connectivity index (χ1n) is 9.41. The average Bonchev–Trinajstić information content (AvgIpc) is 3.12. The highest BCUT2D eigenvalue weighted by Gasteiger charge is 2.14. The minimum absolute atomic E-state index is 0.766. The molecule has 0 atom stereocenters. The SMILES string of the molecule is COc1ccc(-n2c(Cc3cccc4ccccc34)nc3ccccc32)cc1. The van der Waals surface area contributed by atoms with Crippen LogP contribution >= 0.6 is 0 Å². The third-order valence-corrected chi connectivity index (χ3v) is 5.19. The normalized spacial score (nSPS) is 11.2. The van der Waals surface area contributed by atoms with Gasteiger partial charge in [0.2, 0.25) is 0 Å². The van der Waals surface area contributed by atoms with Gasteiger partial charge in [-0.15, -0.1) is 0 Å². The first-order chi connectivity index (χ1) is 13.8. The van der Waals surface area contributed by atoms with Crippen molar-refractivity contribution >= 4 is 21.8 Å². The Kier molecular flexibility index (Phi) is 4.06. The van der Waals surface area contributed by atoms with E-state index in [1.165, 1.54) is 16.3 Å². The van der Waals surface area contributed by atoms with E-state index in [1.54, 1.807) is 7.11 Å². The summed E-state index contributed by atoms with van der Waals surface area (Å²) >= 11 is 0. The topological polar surface area (TPSA) is 27.1 Å². The fraction of sp³-hybridized carbons (Fsp3) is 0.0800. The molecule has 0 aliphatic carbocycles. The Labute approximate surface area is 163 Å². The third-order valence-electron chi connectivity index (χ3n) is 5.19. The number of para-hydroxylation sites is 2. The van der Waals surface area contributed by atoms with Crippen molar-refractivity contribution < 1.29 is 4.74 Å². The maximum Gasteiger partial charge on any atom is 0.119 e. The number of nitrogens with zero attached hydrogens (tertiary/aromatic N) is 2. The second-order valence-corrected chi connectivity index (χ2v) is 6.87. The second kappa shape index (κ2) is 6.86. The van der Waals surface area contributed by atoms with Crippen molar-refractivity contribution in [1.29, 1.82) is 0 Å². The number of hydrogen-bond acceptors (Lipinski definition) is 2. The molecule has 0 aliphatic heterocycles. The number of imidazole rings is 1. The standard InChI is InChI=1S/C25H20N2O/c1-28-21-15-13-20(14-16-21)27-24-12-5-4-11-23(24)26-25(27)17-19-9-6-8-18-7-2-3-10-22(18)19/h2-16H,17H2,1H3. The third kappa shape index (κ3) is 2.81. The summed E-state index contributed by atoms with van der Waals surface area (Å²) in [5.41, 5.74) is 4.49. The fourth-order valence-electron chi connectivity index (χ4n) is 3.83. The van der Waals surface area contributed by atoms with Gasteiger partial charge in [-0.1, -0.05) is 54.6 Å². The molecule has 0 radical (unpaired) electrons. The predicted molar refractivity (Wildman–Crippen MR) is 114 cm³/mol. The van der Waals surface area contributed by atoms with Crippen LogP contribution in [0, 0.1) is 0 Å². The lowest BCUT2D eigenvalue weighted by atomic mass is 10.0. The van der Waals surface area contributed by atoms with Crippen molar-refractivity contribution in [3.8, 4) is 11.4 Å². The van der Waals surface area contributed by atoms with Gasteiger partial charge in [-0.2, -0.15) is 0 Å². The van der Waals surface area contributed by atoms with E-state index in [0.29, 0.717) is 0 Å². The number of hydrogen-bond donors (Lipinski definition) is 0. The monoisotopic (exact) mass is 364 g/mol. The maximum atomic E-state index is 5.32. The summed E-state index contributed by atoms with van der Waals surface area (Å²) < 4.78 is 7.57. The Balaban J connectivity index is 1.68. The highest BCUT2D eigenvalue weighted by atomic mass is 16.5. The van der Waals surface area contributed by atoms with E-state index in [1.807, 2.05) is 18.2 Å². The van der Waals surface area contributed by atoms with Gasteiger partial charge in [-0.05, 0) is 52.7 Å². The summed E-state index contributed by atoms with van der Waals surface area (Å²) in [6, 6.07) is 31.4. The predicted octanol–water partition coefficient (Wildman–Crippen LogP) is 5.78. The number of methoxy groups -OCH3 is 1. The Hall–Kier alpha value is -3.59. The molecular formula is C25H20N2O. The van der Waals surface area contributed by atoms with Crippen molar-refractivity contribution in [3.63, 3.8) is 0 Å². The largest absolute Gasteiger partial charge is 0.497 e. The molecule has 5 aromatic rings. The van der Waals surface area contributed by atoms with Crippen LogP contribution in [-0.4, -0.2) is 16.7 Å². The first kappa shape index (κ1) is 16.6. The van der Waals surface area contributed by atoms with E-state index < -0.39 is 0 Å². The van der Waals surface area contributed by atoms with E-state index in [0.717, 1.165) is 34.7 Å². The van der Waals surface area contributed by atoms with Gasteiger partial charge in [-0.3, -0.25) is 4.57 Å². The van der Waals surface area contributed by atoms with Crippen molar-refractivity contribution in [3.05, 3.63) is 102 Å². The Morgan fingerprint density at radius 1 is 0.786 bits per heavy atom. The van der Waals surface area contributed by atoms with Crippen LogP contribution in [0.25, 0.3) is 27.5 Å². The van der Waals surface area contributed by atoms with Crippen molar-refractivity contribution in [1.82, 2.24) is 9.55 Å². The van der Waals surface area contributed by atoms with Gasteiger partial charge >= 0.3 is 0 Å². The van der Waals surface area contributed by atoms with Gasteiger partial charge in [0.05, 0.1) is 18.1 Å². The van der Waals surface area contributed by atoms with E-state index in [2.05, 4.69) is 77.4 Å². The molecule has 0 saturated carbocycles. The lowest BCUT2D eigenvalue weighted by Gasteiger charge is -2.11. The molecule has 5 rings (SSSR count). The molecule has 28 heavy (non-hydrogen) atoms. The molecule has 136 valence electrons. The molecule has 0 N–H and O–H groups in total. The van der Waals surface area contributed by atoms with Gasteiger partial charge in [-0.25, -0.2) is 4.98 Å². The molecule has 0 saturated heterocycles. The van der Waals surface area contributed by atoms with Crippen molar-refractivity contribution in [2.24, 2.45) is 0 Å². The van der Waals surface area contributed by atoms with E-state index in [4.69, 9.17) is 9.72 Å². The number of aromatic nitrogens is 2. The van der Waals surface area contributed by atoms with E-state index in [9.17, 15) is 0 Å². The van der Waals surface area contributed by atoms with Gasteiger partial charge in [0.1, 0.15) is 11.6 Å². The van der Waals surface area contributed by atoms with Crippen molar-refractivity contribution in [2.45, 2.75) is 6.42 Å². The molecule has 0 bridgehead atoms. The van der Waals surface area contributed by atoms with Crippen LogP contribution in [0.5, 0.6) is 5.75 Å². The van der Waals surface area contributed by atoms with E-state index >= 15 is 0 Å². The molecule has 0 fully saturated rings. The average molecular weight is 364 g/mol. The lowest BCUT2D eigenvalue weighted by molar-refractivity contribution is 0.414. The van der Waals surface area contributed by atoms with Gasteiger partial charge < -0.3 is 4.74 Å². The minimum atomic E-state index is 0.766. The zero-order chi connectivity index (χ0) is 18.9. The number of benzene rings is 4. The van der Waals surface area contributed by atoms with Crippen LogP contribution in [0.1, 0.15) is 11.4 Å². The minimum Gasteiger partial charge on any atom is -0.497 e. The summed E-state index contributed by atoms with van der Waals surface area (Å²) in [6.07, 6.45) is 0.766. The summed E-state index contributed by atoms with van der Waals surface area (Å²) in [7, 11) is 1.69. The number of ether oxygens (including phenoxy) is 1. The van der Waals surface area contributed by atoms with Gasteiger partial charge in [0.25, 0.3) is 0 Å². The van der Waals surface area contributed by atoms with Crippen LogP contribution in [0.3, 0.4) is 0 Å². The Bertz CT molecular complexity index is 1260. The highest BCUT2D eigenvalue weighted by Crippen LogP contribution is 2.27. The molecule has 4 aromatic carbocycles. The summed E-state index contributed by atoms with van der Waals surface area (Å²) in [6.45, 7) is 0. The molecule has 0 spiro atoms. The van der Waals surface area contributed by atoms with Crippen molar-refractivity contribution in [2.75, 3.05) is 7.11 Å². The molecule has 1 heterocycles. The summed E-state index contributed by atoms with van der Waals surface area (Å²) in [4.78, 5) is 4.97. The Morgan fingerprint density at radius 3 is 2.39 bits per heavy atom. The van der Waals surface area contributed by atoms with Crippen LogP contribution in [0.4, 0.5) is 0 Å².